The SMILES string of the molecule is N#Cc1ccccc1NC(=O)[C@@H](OC(=O)c1ccc(Cl)cc1)[C@@H](OC(=O)c1ccc(Cl)cc1)C(=O)O. The van der Waals surface area contributed by atoms with Gasteiger partial charge in [0.2, 0.25) is 12.2 Å². The summed E-state index contributed by atoms with van der Waals surface area (Å²) < 4.78 is 10.3. The number of amides is 1. The topological polar surface area (TPSA) is 143 Å². The maximum absolute atomic E-state index is 13.1. The number of halogens is 2. The molecule has 3 aromatic rings. The van der Waals surface area contributed by atoms with Gasteiger partial charge in [-0.05, 0) is 60.7 Å². The van der Waals surface area contributed by atoms with E-state index in [1.807, 2.05) is 6.07 Å². The number of nitrogens with one attached hydrogen (secondary N) is 1. The number of para-hydroxylation sites is 1. The lowest BCUT2D eigenvalue weighted by Gasteiger charge is -2.23. The van der Waals surface area contributed by atoms with E-state index >= 15 is 0 Å². The molecule has 0 unspecified atom stereocenters. The molecule has 0 saturated carbocycles. The number of esters is 2. The second-order valence-corrected chi connectivity index (χ2v) is 8.02. The van der Waals surface area contributed by atoms with Gasteiger partial charge in [0.05, 0.1) is 22.4 Å². The van der Waals surface area contributed by atoms with Crippen molar-refractivity contribution < 1.29 is 33.8 Å². The Bertz CT molecular complexity index is 1340. The van der Waals surface area contributed by atoms with Gasteiger partial charge in [-0.2, -0.15) is 5.26 Å². The fourth-order valence-electron chi connectivity index (χ4n) is 2.93. The van der Waals surface area contributed by atoms with E-state index in [0.717, 1.165) is 0 Å². The molecular formula is C25H16Cl2N2O7. The van der Waals surface area contributed by atoms with Crippen LogP contribution in [0.4, 0.5) is 5.69 Å². The molecule has 0 aliphatic carbocycles. The van der Waals surface area contributed by atoms with Crippen LogP contribution in [0.15, 0.2) is 72.8 Å². The zero-order valence-electron chi connectivity index (χ0n) is 18.2. The number of carboxylic acid groups (broad SMARTS) is 1. The van der Waals surface area contributed by atoms with E-state index in [0.29, 0.717) is 10.0 Å². The van der Waals surface area contributed by atoms with Gasteiger partial charge >= 0.3 is 17.9 Å². The summed E-state index contributed by atoms with van der Waals surface area (Å²) in [5.74, 6) is -5.07. The van der Waals surface area contributed by atoms with Gasteiger partial charge in [-0.25, -0.2) is 14.4 Å². The number of ether oxygens (including phenoxy) is 2. The third-order valence-corrected chi connectivity index (χ3v) is 5.21. The van der Waals surface area contributed by atoms with E-state index in [9.17, 15) is 29.5 Å². The van der Waals surface area contributed by atoms with Crippen LogP contribution in [0.5, 0.6) is 0 Å². The largest absolute Gasteiger partial charge is 0.478 e. The average molecular weight is 527 g/mol. The Hall–Kier alpha value is -4.39. The molecule has 2 atom stereocenters. The summed E-state index contributed by atoms with van der Waals surface area (Å²) in [6, 6.07) is 18.5. The Kier molecular flexibility index (Phi) is 8.62. The first-order chi connectivity index (χ1) is 17.2. The van der Waals surface area contributed by atoms with Crippen LogP contribution in [0.25, 0.3) is 0 Å². The van der Waals surface area contributed by atoms with Gasteiger partial charge in [0, 0.05) is 10.0 Å². The maximum atomic E-state index is 13.1. The molecule has 1 amide bonds. The van der Waals surface area contributed by atoms with Gasteiger partial charge in [0.1, 0.15) is 6.07 Å². The van der Waals surface area contributed by atoms with Crippen LogP contribution in [0, 0.1) is 11.3 Å². The monoisotopic (exact) mass is 526 g/mol. The van der Waals surface area contributed by atoms with Gasteiger partial charge in [-0.1, -0.05) is 35.3 Å². The Morgan fingerprint density at radius 2 is 1.25 bits per heavy atom. The highest BCUT2D eigenvalue weighted by Crippen LogP contribution is 2.19. The number of hydrogen-bond acceptors (Lipinski definition) is 7. The van der Waals surface area contributed by atoms with E-state index in [1.54, 1.807) is 6.07 Å². The summed E-state index contributed by atoms with van der Waals surface area (Å²) in [5, 5.41) is 22.1. The predicted octanol–water partition coefficient (Wildman–Crippen LogP) is 4.34. The van der Waals surface area contributed by atoms with E-state index in [4.69, 9.17) is 32.7 Å². The van der Waals surface area contributed by atoms with E-state index in [2.05, 4.69) is 5.32 Å². The van der Waals surface area contributed by atoms with Crippen molar-refractivity contribution in [1.82, 2.24) is 0 Å². The molecule has 0 bridgehead atoms. The lowest BCUT2D eigenvalue weighted by Crippen LogP contribution is -2.48. The van der Waals surface area contributed by atoms with Crippen molar-refractivity contribution in [2.75, 3.05) is 5.32 Å². The minimum atomic E-state index is -2.24. The number of anilines is 1. The van der Waals surface area contributed by atoms with Crippen LogP contribution in [0.3, 0.4) is 0 Å². The Morgan fingerprint density at radius 1 is 0.778 bits per heavy atom. The van der Waals surface area contributed by atoms with E-state index in [-0.39, 0.29) is 22.4 Å². The summed E-state index contributed by atoms with van der Waals surface area (Å²) >= 11 is 11.6. The molecule has 0 aliphatic rings. The fraction of sp³-hybridized carbons (Fsp3) is 0.0800. The maximum Gasteiger partial charge on any atom is 0.349 e. The first-order valence-electron chi connectivity index (χ1n) is 10.2. The zero-order chi connectivity index (χ0) is 26.2. The minimum Gasteiger partial charge on any atom is -0.478 e. The first kappa shape index (κ1) is 26.2. The van der Waals surface area contributed by atoms with Crippen molar-refractivity contribution in [3.63, 3.8) is 0 Å². The number of aliphatic carboxylic acids is 1. The third kappa shape index (κ3) is 6.60. The van der Waals surface area contributed by atoms with E-state index in [1.165, 1.54) is 66.7 Å². The molecule has 36 heavy (non-hydrogen) atoms. The third-order valence-electron chi connectivity index (χ3n) is 4.71. The highest BCUT2D eigenvalue weighted by molar-refractivity contribution is 6.31. The molecule has 0 aliphatic heterocycles. The van der Waals surface area contributed by atoms with Crippen molar-refractivity contribution in [3.05, 3.63) is 99.5 Å². The van der Waals surface area contributed by atoms with Gasteiger partial charge in [0.15, 0.2) is 0 Å². The van der Waals surface area contributed by atoms with Crippen LogP contribution in [-0.4, -0.2) is 41.1 Å². The Morgan fingerprint density at radius 3 is 1.72 bits per heavy atom. The predicted molar refractivity (Wildman–Crippen MR) is 129 cm³/mol. The summed E-state index contributed by atoms with van der Waals surface area (Å²) in [7, 11) is 0. The second kappa shape index (κ2) is 11.8. The molecule has 3 rings (SSSR count). The molecule has 3 aromatic carbocycles. The summed E-state index contributed by atoms with van der Waals surface area (Å²) in [6.45, 7) is 0. The van der Waals surface area contributed by atoms with E-state index < -0.39 is 36.0 Å². The molecular weight excluding hydrogens is 511 g/mol. The number of nitriles is 1. The van der Waals surface area contributed by atoms with Gasteiger partial charge < -0.3 is 19.9 Å². The van der Waals surface area contributed by atoms with Crippen molar-refractivity contribution in [2.24, 2.45) is 0 Å². The van der Waals surface area contributed by atoms with Crippen molar-refractivity contribution in [2.45, 2.75) is 12.2 Å². The molecule has 9 nitrogen and oxygen atoms in total. The minimum absolute atomic E-state index is 0.0331. The molecule has 0 saturated heterocycles. The lowest BCUT2D eigenvalue weighted by atomic mass is 10.1. The van der Waals surface area contributed by atoms with Crippen LogP contribution in [0.1, 0.15) is 26.3 Å². The normalized spacial score (nSPS) is 11.9. The highest BCUT2D eigenvalue weighted by atomic mass is 35.5. The van der Waals surface area contributed by atoms with Crippen molar-refractivity contribution in [1.29, 1.82) is 5.26 Å². The van der Waals surface area contributed by atoms with Crippen LogP contribution in [-0.2, 0) is 19.1 Å². The molecule has 11 heteroatoms. The molecule has 0 radical (unpaired) electrons. The highest BCUT2D eigenvalue weighted by Gasteiger charge is 2.41. The number of hydrogen-bond donors (Lipinski definition) is 2. The average Bonchev–Trinajstić information content (AvgIpc) is 2.86. The van der Waals surface area contributed by atoms with Crippen LogP contribution < -0.4 is 5.32 Å². The van der Waals surface area contributed by atoms with Crippen LogP contribution >= 0.6 is 23.2 Å². The smallest absolute Gasteiger partial charge is 0.349 e. The van der Waals surface area contributed by atoms with Crippen LogP contribution in [0.2, 0.25) is 10.0 Å². The molecule has 0 heterocycles. The van der Waals surface area contributed by atoms with Crippen molar-refractivity contribution in [3.8, 4) is 6.07 Å². The number of carbonyl (C=O) groups excluding carboxylic acids is 3. The molecule has 0 aromatic heterocycles. The number of carboxylic acids is 1. The first-order valence-corrected chi connectivity index (χ1v) is 10.9. The second-order valence-electron chi connectivity index (χ2n) is 7.15. The molecule has 2 N–H and O–H groups in total. The van der Waals surface area contributed by atoms with Crippen molar-refractivity contribution >= 4 is 52.7 Å². The zero-order valence-corrected chi connectivity index (χ0v) is 19.7. The summed E-state index contributed by atoms with van der Waals surface area (Å²) in [6.07, 6.45) is -4.37. The fourth-order valence-corrected chi connectivity index (χ4v) is 3.18. The lowest BCUT2D eigenvalue weighted by molar-refractivity contribution is -0.157. The molecule has 0 spiro atoms. The Labute approximate surface area is 214 Å². The standard InChI is InChI=1S/C25H16Cl2N2O7/c26-17-9-5-14(6-10-17)24(33)35-20(22(30)29-19-4-2-1-3-16(19)13-28)21(23(31)32)36-25(34)15-7-11-18(27)12-8-15/h1-12,20-21H,(H,29,30)(H,31,32)/t20-,21+/m0/s1. The van der Waals surface area contributed by atoms with Gasteiger partial charge in [-0.3, -0.25) is 4.79 Å². The summed E-state index contributed by atoms with van der Waals surface area (Å²) in [5.41, 5.74) is 0.0100. The number of carbonyl (C=O) groups is 4. The molecule has 182 valence electrons. The number of nitrogens with zero attached hydrogens (tertiary/aromatic N) is 1. The number of benzene rings is 3. The van der Waals surface area contributed by atoms with Gasteiger partial charge in [-0.15, -0.1) is 0 Å². The quantitative estimate of drug-likeness (QED) is 0.412. The summed E-state index contributed by atoms with van der Waals surface area (Å²) in [4.78, 5) is 50.5. The van der Waals surface area contributed by atoms with Gasteiger partial charge in [0.25, 0.3) is 5.91 Å². The number of rotatable bonds is 8. The molecule has 0 fully saturated rings. The Balaban J connectivity index is 1.94.